The molecule has 5 heteroatoms. The number of aryl methyl sites for hydroxylation is 1. The van der Waals surface area contributed by atoms with Gasteiger partial charge in [0.25, 0.3) is 5.56 Å². The summed E-state index contributed by atoms with van der Waals surface area (Å²) in [6, 6.07) is 1.53. The van der Waals surface area contributed by atoms with Crippen molar-refractivity contribution in [1.29, 1.82) is 0 Å². The Labute approximate surface area is 94.1 Å². The predicted octanol–water partition coefficient (Wildman–Crippen LogP) is 0.287. The van der Waals surface area contributed by atoms with E-state index in [1.54, 1.807) is 6.92 Å². The zero-order valence-electron chi connectivity index (χ0n) is 9.44. The van der Waals surface area contributed by atoms with Crippen molar-refractivity contribution < 1.29 is 5.11 Å². The molecule has 1 fully saturated rings. The van der Waals surface area contributed by atoms with E-state index in [-0.39, 0.29) is 12.2 Å². The summed E-state index contributed by atoms with van der Waals surface area (Å²) in [6.07, 6.45) is 1.92. The van der Waals surface area contributed by atoms with Gasteiger partial charge in [-0.1, -0.05) is 0 Å². The van der Waals surface area contributed by atoms with E-state index >= 15 is 0 Å². The molecule has 1 aromatic rings. The molecule has 0 unspecified atom stereocenters. The average Bonchev–Trinajstić information content (AvgIpc) is 2.28. The lowest BCUT2D eigenvalue weighted by Gasteiger charge is -2.31. The molecule has 2 heterocycles. The first kappa shape index (κ1) is 11.1. The van der Waals surface area contributed by atoms with Crippen molar-refractivity contribution in [3.63, 3.8) is 0 Å². The number of rotatable bonds is 2. The van der Waals surface area contributed by atoms with E-state index in [0.717, 1.165) is 31.7 Å². The first-order valence-electron chi connectivity index (χ1n) is 5.63. The van der Waals surface area contributed by atoms with Crippen molar-refractivity contribution in [1.82, 2.24) is 9.97 Å². The van der Waals surface area contributed by atoms with Gasteiger partial charge >= 0.3 is 0 Å². The van der Waals surface area contributed by atoms with E-state index in [9.17, 15) is 4.79 Å². The molecular weight excluding hydrogens is 206 g/mol. The Balaban J connectivity index is 2.11. The molecule has 0 aliphatic carbocycles. The van der Waals surface area contributed by atoms with Crippen molar-refractivity contribution >= 4 is 5.82 Å². The van der Waals surface area contributed by atoms with Gasteiger partial charge in [-0.3, -0.25) is 4.79 Å². The summed E-state index contributed by atoms with van der Waals surface area (Å²) in [5, 5.41) is 9.05. The second kappa shape index (κ2) is 4.65. The Hall–Kier alpha value is -1.36. The second-order valence-corrected chi connectivity index (χ2v) is 4.30. The molecule has 0 radical (unpaired) electrons. The van der Waals surface area contributed by atoms with Crippen LogP contribution in [0.5, 0.6) is 0 Å². The fourth-order valence-electron chi connectivity index (χ4n) is 2.07. The third-order valence-corrected chi connectivity index (χ3v) is 3.04. The lowest BCUT2D eigenvalue weighted by atomic mass is 9.98. The zero-order chi connectivity index (χ0) is 11.5. The van der Waals surface area contributed by atoms with Crippen LogP contribution in [0.4, 0.5) is 5.82 Å². The number of aromatic nitrogens is 2. The van der Waals surface area contributed by atoms with Gasteiger partial charge in [-0.25, -0.2) is 4.98 Å². The third-order valence-electron chi connectivity index (χ3n) is 3.04. The zero-order valence-corrected chi connectivity index (χ0v) is 9.44. The number of hydrogen-bond donors (Lipinski definition) is 2. The molecule has 1 aliphatic heterocycles. The molecule has 1 aliphatic rings. The van der Waals surface area contributed by atoms with Crippen LogP contribution in [0, 0.1) is 12.8 Å². The molecule has 1 saturated heterocycles. The Morgan fingerprint density at radius 2 is 2.25 bits per heavy atom. The highest BCUT2D eigenvalue weighted by atomic mass is 16.3. The molecule has 0 spiro atoms. The lowest BCUT2D eigenvalue weighted by molar-refractivity contribution is 0.202. The fourth-order valence-corrected chi connectivity index (χ4v) is 2.07. The van der Waals surface area contributed by atoms with Gasteiger partial charge in [0.2, 0.25) is 0 Å². The van der Waals surface area contributed by atoms with Gasteiger partial charge in [-0.2, -0.15) is 0 Å². The Morgan fingerprint density at radius 3 is 2.81 bits per heavy atom. The van der Waals surface area contributed by atoms with Gasteiger partial charge in [-0.15, -0.1) is 0 Å². The van der Waals surface area contributed by atoms with Gasteiger partial charge in [0, 0.05) is 25.8 Å². The van der Waals surface area contributed by atoms with Crippen LogP contribution in [0.25, 0.3) is 0 Å². The van der Waals surface area contributed by atoms with Crippen LogP contribution in [0.3, 0.4) is 0 Å². The number of piperidine rings is 1. The number of aliphatic hydroxyl groups is 1. The van der Waals surface area contributed by atoms with Gasteiger partial charge < -0.3 is 15.0 Å². The molecule has 16 heavy (non-hydrogen) atoms. The molecule has 0 saturated carbocycles. The van der Waals surface area contributed by atoms with Crippen LogP contribution >= 0.6 is 0 Å². The number of aromatic amines is 1. The molecule has 0 bridgehead atoms. The van der Waals surface area contributed by atoms with E-state index in [0.29, 0.717) is 11.7 Å². The van der Waals surface area contributed by atoms with Gasteiger partial charge in [0.05, 0.1) is 0 Å². The van der Waals surface area contributed by atoms with E-state index in [4.69, 9.17) is 5.11 Å². The Kier molecular flexibility index (Phi) is 3.24. The maximum absolute atomic E-state index is 11.3. The number of nitrogens with zero attached hydrogens (tertiary/aromatic N) is 2. The van der Waals surface area contributed by atoms with Crippen LogP contribution in [0.2, 0.25) is 0 Å². The van der Waals surface area contributed by atoms with Crippen LogP contribution in [0.15, 0.2) is 10.9 Å². The van der Waals surface area contributed by atoms with E-state index in [1.807, 2.05) is 0 Å². The number of aliphatic hydroxyl groups excluding tert-OH is 1. The monoisotopic (exact) mass is 223 g/mol. The van der Waals surface area contributed by atoms with Crippen LogP contribution in [0.1, 0.15) is 18.7 Å². The Bertz CT molecular complexity index is 408. The van der Waals surface area contributed by atoms with E-state index in [1.165, 1.54) is 6.07 Å². The number of nitrogens with one attached hydrogen (secondary N) is 1. The number of anilines is 1. The summed E-state index contributed by atoms with van der Waals surface area (Å²) in [5.41, 5.74) is -0.105. The Morgan fingerprint density at radius 1 is 1.56 bits per heavy atom. The van der Waals surface area contributed by atoms with Crippen LogP contribution < -0.4 is 10.5 Å². The topological polar surface area (TPSA) is 69.2 Å². The SMILES string of the molecule is Cc1nc(N2CCC(CO)CC2)cc(=O)[nH]1. The molecule has 2 rings (SSSR count). The van der Waals surface area contributed by atoms with Gasteiger partial charge in [0.15, 0.2) is 0 Å². The minimum absolute atomic E-state index is 0.105. The third kappa shape index (κ3) is 2.41. The van der Waals surface area contributed by atoms with Crippen LogP contribution in [-0.4, -0.2) is 34.8 Å². The quantitative estimate of drug-likeness (QED) is 0.756. The molecule has 88 valence electrons. The van der Waals surface area contributed by atoms with Crippen molar-refractivity contribution in [2.24, 2.45) is 5.92 Å². The summed E-state index contributed by atoms with van der Waals surface area (Å²) in [7, 11) is 0. The number of hydrogen-bond acceptors (Lipinski definition) is 4. The first-order valence-corrected chi connectivity index (χ1v) is 5.63. The highest BCUT2D eigenvalue weighted by Gasteiger charge is 2.19. The minimum atomic E-state index is -0.105. The molecule has 0 amide bonds. The van der Waals surface area contributed by atoms with Crippen molar-refractivity contribution in [3.8, 4) is 0 Å². The highest BCUT2D eigenvalue weighted by Crippen LogP contribution is 2.20. The van der Waals surface area contributed by atoms with Crippen LogP contribution in [-0.2, 0) is 0 Å². The van der Waals surface area contributed by atoms with E-state index < -0.39 is 0 Å². The molecule has 1 aromatic heterocycles. The summed E-state index contributed by atoms with van der Waals surface area (Å²) in [6.45, 7) is 3.77. The van der Waals surface area contributed by atoms with Crippen molar-refractivity contribution in [2.75, 3.05) is 24.6 Å². The van der Waals surface area contributed by atoms with Crippen molar-refractivity contribution in [3.05, 3.63) is 22.2 Å². The van der Waals surface area contributed by atoms with Gasteiger partial charge in [0.1, 0.15) is 11.6 Å². The predicted molar refractivity (Wildman–Crippen MR) is 61.6 cm³/mol. The van der Waals surface area contributed by atoms with Crippen molar-refractivity contribution in [2.45, 2.75) is 19.8 Å². The summed E-state index contributed by atoms with van der Waals surface area (Å²) in [5.74, 6) is 1.80. The number of H-pyrrole nitrogens is 1. The lowest BCUT2D eigenvalue weighted by Crippen LogP contribution is -2.36. The van der Waals surface area contributed by atoms with Gasteiger partial charge in [-0.05, 0) is 25.7 Å². The smallest absolute Gasteiger partial charge is 0.252 e. The fraction of sp³-hybridized carbons (Fsp3) is 0.636. The minimum Gasteiger partial charge on any atom is -0.396 e. The normalized spacial score (nSPS) is 17.8. The largest absolute Gasteiger partial charge is 0.396 e. The summed E-state index contributed by atoms with van der Waals surface area (Å²) in [4.78, 5) is 20.4. The highest BCUT2D eigenvalue weighted by molar-refractivity contribution is 5.37. The standard InChI is InChI=1S/C11H17N3O2/c1-8-12-10(6-11(16)13-8)14-4-2-9(7-15)3-5-14/h6,9,15H,2-5,7H2,1H3,(H,12,13,16). The molecule has 5 nitrogen and oxygen atoms in total. The second-order valence-electron chi connectivity index (χ2n) is 4.30. The first-order chi connectivity index (χ1) is 7.69. The average molecular weight is 223 g/mol. The molecule has 2 N–H and O–H groups in total. The molecule has 0 aromatic carbocycles. The maximum atomic E-state index is 11.3. The molecular formula is C11H17N3O2. The molecule has 0 atom stereocenters. The van der Waals surface area contributed by atoms with E-state index in [2.05, 4.69) is 14.9 Å². The maximum Gasteiger partial charge on any atom is 0.252 e. The summed E-state index contributed by atoms with van der Waals surface area (Å²) < 4.78 is 0. The summed E-state index contributed by atoms with van der Waals surface area (Å²) >= 11 is 0.